The van der Waals surface area contributed by atoms with Crippen LogP contribution >= 0.6 is 0 Å². The van der Waals surface area contributed by atoms with E-state index in [2.05, 4.69) is 10.3 Å². The molecule has 0 aliphatic carbocycles. The third-order valence-electron chi connectivity index (χ3n) is 2.33. The monoisotopic (exact) mass is 259 g/mol. The first-order valence-electron chi connectivity index (χ1n) is 5.24. The summed E-state index contributed by atoms with van der Waals surface area (Å²) in [7, 11) is -0.453. The van der Waals surface area contributed by atoms with Gasteiger partial charge in [0.2, 0.25) is 10.0 Å². The second-order valence-corrected chi connectivity index (χ2v) is 5.52. The van der Waals surface area contributed by atoms with Crippen LogP contribution in [0.25, 0.3) is 0 Å². The van der Waals surface area contributed by atoms with E-state index in [9.17, 15) is 8.42 Å². The van der Waals surface area contributed by atoms with Gasteiger partial charge in [-0.25, -0.2) is 17.7 Å². The minimum atomic E-state index is -3.56. The van der Waals surface area contributed by atoms with Crippen molar-refractivity contribution >= 4 is 15.8 Å². The third kappa shape index (κ3) is 3.15. The van der Waals surface area contributed by atoms with Crippen LogP contribution in [0.3, 0.4) is 0 Å². The van der Waals surface area contributed by atoms with Gasteiger partial charge in [-0.15, -0.1) is 0 Å². The van der Waals surface area contributed by atoms with Crippen LogP contribution in [0.2, 0.25) is 0 Å². The predicted octanol–water partition coefficient (Wildman–Crippen LogP) is 0.126. The summed E-state index contributed by atoms with van der Waals surface area (Å²) in [5, 5.41) is 11.5. The normalized spacial score (nSPS) is 11.8. The lowest BCUT2D eigenvalue weighted by molar-refractivity contribution is 0.275. The molecule has 1 aromatic heterocycles. The maximum atomic E-state index is 12.2. The molecule has 0 saturated carbocycles. The Kier molecular flexibility index (Phi) is 4.86. The lowest BCUT2D eigenvalue weighted by Gasteiger charge is -2.18. The van der Waals surface area contributed by atoms with Crippen molar-refractivity contribution in [1.29, 1.82) is 0 Å². The second-order valence-electron chi connectivity index (χ2n) is 3.50. The highest BCUT2D eigenvalue weighted by atomic mass is 32.2. The van der Waals surface area contributed by atoms with E-state index in [1.807, 2.05) is 0 Å². The molecule has 0 fully saturated rings. The van der Waals surface area contributed by atoms with E-state index in [1.54, 1.807) is 13.1 Å². The maximum Gasteiger partial charge on any atom is 0.246 e. The van der Waals surface area contributed by atoms with Crippen LogP contribution in [0.1, 0.15) is 6.42 Å². The van der Waals surface area contributed by atoms with Gasteiger partial charge in [-0.3, -0.25) is 0 Å². The number of aliphatic hydroxyl groups is 1. The topological polar surface area (TPSA) is 82.5 Å². The zero-order valence-corrected chi connectivity index (χ0v) is 10.7. The zero-order valence-electron chi connectivity index (χ0n) is 9.92. The number of hydrogen-bond donors (Lipinski definition) is 2. The lowest BCUT2D eigenvalue weighted by Crippen LogP contribution is -2.29. The highest BCUT2D eigenvalue weighted by Crippen LogP contribution is 2.20. The molecule has 0 spiro atoms. The minimum absolute atomic E-state index is 0.0359. The Bertz CT molecular complexity index is 462. The summed E-state index contributed by atoms with van der Waals surface area (Å²) in [6, 6.07) is 3.08. The van der Waals surface area contributed by atoms with Gasteiger partial charge in [0, 0.05) is 33.4 Å². The van der Waals surface area contributed by atoms with Crippen LogP contribution in [0, 0.1) is 0 Å². The van der Waals surface area contributed by atoms with E-state index in [-0.39, 0.29) is 18.0 Å². The molecule has 0 aromatic carbocycles. The number of aromatic nitrogens is 1. The quantitative estimate of drug-likeness (QED) is 0.758. The van der Waals surface area contributed by atoms with Crippen molar-refractivity contribution in [3.05, 3.63) is 18.3 Å². The fourth-order valence-electron chi connectivity index (χ4n) is 1.37. The zero-order chi connectivity index (χ0) is 12.9. The first kappa shape index (κ1) is 13.9. The van der Waals surface area contributed by atoms with Crippen molar-refractivity contribution in [1.82, 2.24) is 9.29 Å². The SMILES string of the molecule is CNc1ncccc1S(=O)(=O)N(C)CCCO. The van der Waals surface area contributed by atoms with Gasteiger partial charge in [-0.05, 0) is 18.6 Å². The Labute approximate surface area is 101 Å². The van der Waals surface area contributed by atoms with Crippen LogP contribution in [0.4, 0.5) is 5.82 Å². The number of anilines is 1. The van der Waals surface area contributed by atoms with Gasteiger partial charge >= 0.3 is 0 Å². The lowest BCUT2D eigenvalue weighted by atomic mass is 10.4. The van der Waals surface area contributed by atoms with Crippen molar-refractivity contribution in [3.8, 4) is 0 Å². The summed E-state index contributed by atoms with van der Waals surface area (Å²) in [4.78, 5) is 4.10. The first-order valence-corrected chi connectivity index (χ1v) is 6.68. The molecule has 2 N–H and O–H groups in total. The van der Waals surface area contributed by atoms with Gasteiger partial charge in [0.25, 0.3) is 0 Å². The maximum absolute atomic E-state index is 12.2. The van der Waals surface area contributed by atoms with E-state index < -0.39 is 10.0 Å². The molecule has 0 aliphatic heterocycles. The van der Waals surface area contributed by atoms with Crippen molar-refractivity contribution in [2.75, 3.05) is 32.6 Å². The van der Waals surface area contributed by atoms with Crippen molar-refractivity contribution in [2.45, 2.75) is 11.3 Å². The van der Waals surface area contributed by atoms with E-state index in [0.29, 0.717) is 12.2 Å². The summed E-state index contributed by atoms with van der Waals surface area (Å²) in [6.07, 6.45) is 1.93. The van der Waals surface area contributed by atoms with Gasteiger partial charge in [0.15, 0.2) is 0 Å². The van der Waals surface area contributed by atoms with Crippen molar-refractivity contribution in [3.63, 3.8) is 0 Å². The summed E-state index contributed by atoms with van der Waals surface area (Å²) >= 11 is 0. The van der Waals surface area contributed by atoms with Crippen molar-refractivity contribution in [2.24, 2.45) is 0 Å². The van der Waals surface area contributed by atoms with Gasteiger partial charge in [-0.2, -0.15) is 0 Å². The molecule has 0 amide bonds. The summed E-state index contributed by atoms with van der Waals surface area (Å²) in [6.45, 7) is 0.239. The third-order valence-corrected chi connectivity index (χ3v) is 4.22. The number of pyridine rings is 1. The number of aliphatic hydroxyl groups excluding tert-OH is 1. The summed E-state index contributed by atoms with van der Waals surface area (Å²) in [5.41, 5.74) is 0. The number of nitrogens with zero attached hydrogens (tertiary/aromatic N) is 2. The van der Waals surface area contributed by atoms with Crippen molar-refractivity contribution < 1.29 is 13.5 Å². The Hall–Kier alpha value is -1.18. The van der Waals surface area contributed by atoms with Crippen LogP contribution < -0.4 is 5.32 Å². The molecule has 1 heterocycles. The highest BCUT2D eigenvalue weighted by molar-refractivity contribution is 7.89. The number of nitrogens with one attached hydrogen (secondary N) is 1. The Balaban J connectivity index is 3.04. The first-order chi connectivity index (χ1) is 8.04. The van der Waals surface area contributed by atoms with Gasteiger partial charge in [0.1, 0.15) is 10.7 Å². The Morgan fingerprint density at radius 3 is 2.82 bits per heavy atom. The fraction of sp³-hybridized carbons (Fsp3) is 0.500. The molecule has 1 aromatic rings. The second kappa shape index (κ2) is 5.95. The van der Waals surface area contributed by atoms with Crippen LogP contribution in [0.15, 0.2) is 23.2 Å². The molecule has 0 radical (unpaired) electrons. The molecule has 1 rings (SSSR count). The number of hydrogen-bond acceptors (Lipinski definition) is 5. The van der Waals surface area contributed by atoms with E-state index >= 15 is 0 Å². The minimum Gasteiger partial charge on any atom is -0.396 e. The smallest absolute Gasteiger partial charge is 0.246 e. The van der Waals surface area contributed by atoms with E-state index in [0.717, 1.165) is 0 Å². The molecular weight excluding hydrogens is 242 g/mol. The average molecular weight is 259 g/mol. The largest absolute Gasteiger partial charge is 0.396 e. The van der Waals surface area contributed by atoms with Gasteiger partial charge in [0.05, 0.1) is 0 Å². The fourth-order valence-corrected chi connectivity index (χ4v) is 2.72. The van der Waals surface area contributed by atoms with Crippen LogP contribution in [-0.2, 0) is 10.0 Å². The molecular formula is C10H17N3O3S. The number of sulfonamides is 1. The molecule has 0 bridgehead atoms. The summed E-state index contributed by atoms with van der Waals surface area (Å²) < 4.78 is 25.6. The molecule has 0 saturated heterocycles. The van der Waals surface area contributed by atoms with E-state index in [4.69, 9.17) is 5.11 Å². The Morgan fingerprint density at radius 2 is 2.24 bits per heavy atom. The molecule has 17 heavy (non-hydrogen) atoms. The molecule has 0 atom stereocenters. The predicted molar refractivity (Wildman–Crippen MR) is 65.3 cm³/mol. The molecule has 6 nitrogen and oxygen atoms in total. The highest BCUT2D eigenvalue weighted by Gasteiger charge is 2.23. The van der Waals surface area contributed by atoms with E-state index in [1.165, 1.54) is 23.6 Å². The average Bonchev–Trinajstić information content (AvgIpc) is 2.35. The summed E-state index contributed by atoms with van der Waals surface area (Å²) in [5.74, 6) is 0.323. The molecule has 7 heteroatoms. The molecule has 96 valence electrons. The standard InChI is InChI=1S/C10H17N3O3S/c1-11-10-9(5-3-6-12-10)17(15,16)13(2)7-4-8-14/h3,5-6,14H,4,7-8H2,1-2H3,(H,11,12). The van der Waals surface area contributed by atoms with Gasteiger partial charge in [-0.1, -0.05) is 0 Å². The Morgan fingerprint density at radius 1 is 1.53 bits per heavy atom. The van der Waals surface area contributed by atoms with Crippen LogP contribution in [-0.4, -0.2) is 50.1 Å². The molecule has 0 aliphatic rings. The van der Waals surface area contributed by atoms with Gasteiger partial charge < -0.3 is 10.4 Å². The molecule has 0 unspecified atom stereocenters. The number of rotatable bonds is 6. The van der Waals surface area contributed by atoms with Crippen LogP contribution in [0.5, 0.6) is 0 Å².